The van der Waals surface area contributed by atoms with Gasteiger partial charge in [0.2, 0.25) is 0 Å². The van der Waals surface area contributed by atoms with Crippen LogP contribution in [0.1, 0.15) is 17.0 Å². The van der Waals surface area contributed by atoms with Crippen molar-refractivity contribution in [3.8, 4) is 0 Å². The summed E-state index contributed by atoms with van der Waals surface area (Å²) >= 11 is 6.00. The Balaban J connectivity index is 2.41. The summed E-state index contributed by atoms with van der Waals surface area (Å²) in [6, 6.07) is 2.11. The van der Waals surface area contributed by atoms with Gasteiger partial charge in [0, 0.05) is 12.2 Å². The highest BCUT2D eigenvalue weighted by Crippen LogP contribution is 2.26. The fourth-order valence-corrected chi connectivity index (χ4v) is 2.24. The summed E-state index contributed by atoms with van der Waals surface area (Å²) in [7, 11) is 0. The highest BCUT2D eigenvalue weighted by atomic mass is 35.5. The van der Waals surface area contributed by atoms with Crippen LogP contribution in [0.5, 0.6) is 0 Å². The number of hydrogen-bond donors (Lipinski definition) is 0. The Bertz CT molecular complexity index is 505. The van der Waals surface area contributed by atoms with Crippen molar-refractivity contribution in [2.24, 2.45) is 0 Å². The maximum atomic E-state index is 6.00. The normalized spacial score (nSPS) is 16.4. The van der Waals surface area contributed by atoms with Crippen molar-refractivity contribution in [1.82, 2.24) is 19.0 Å². The van der Waals surface area contributed by atoms with E-state index in [-0.39, 0.29) is 0 Å². The fraction of sp³-hybridized carbons (Fsp3) is 0.333. The van der Waals surface area contributed by atoms with E-state index in [0.717, 1.165) is 23.4 Å². The third-order valence-corrected chi connectivity index (χ3v) is 2.79. The Hall–Kier alpha value is -1.13. The molecule has 14 heavy (non-hydrogen) atoms. The molecule has 2 aromatic heterocycles. The fourth-order valence-electron chi connectivity index (χ4n) is 2.00. The van der Waals surface area contributed by atoms with E-state index in [1.165, 1.54) is 5.56 Å². The van der Waals surface area contributed by atoms with Gasteiger partial charge in [0.1, 0.15) is 6.33 Å². The molecule has 0 radical (unpaired) electrons. The largest absolute Gasteiger partial charge is 0.236 e. The van der Waals surface area contributed by atoms with Crippen LogP contribution in [0.25, 0.3) is 5.52 Å². The van der Waals surface area contributed by atoms with Crippen molar-refractivity contribution in [2.75, 3.05) is 0 Å². The number of aryl methyl sites for hydroxylation is 1. The minimum absolute atomic E-state index is 0.685. The molecule has 0 bridgehead atoms. The molecule has 0 spiro atoms. The Morgan fingerprint density at radius 3 is 3.14 bits per heavy atom. The van der Waals surface area contributed by atoms with Crippen LogP contribution in [0, 0.1) is 6.92 Å². The van der Waals surface area contributed by atoms with Gasteiger partial charge in [-0.1, -0.05) is 0 Å². The van der Waals surface area contributed by atoms with E-state index in [1.54, 1.807) is 10.7 Å². The Morgan fingerprint density at radius 2 is 2.29 bits per heavy atom. The van der Waals surface area contributed by atoms with E-state index >= 15 is 0 Å². The maximum absolute atomic E-state index is 6.00. The second-order valence-corrected chi connectivity index (χ2v) is 4.04. The van der Waals surface area contributed by atoms with Crippen LogP contribution in [-0.2, 0) is 13.1 Å². The molecule has 3 heterocycles. The van der Waals surface area contributed by atoms with Crippen molar-refractivity contribution in [3.05, 3.63) is 29.3 Å². The lowest BCUT2D eigenvalue weighted by atomic mass is 10.2. The Kier molecular flexibility index (Phi) is 1.57. The van der Waals surface area contributed by atoms with Crippen LogP contribution in [0.4, 0.5) is 0 Å². The molecular formula is C9H9ClN4. The molecule has 0 saturated carbocycles. The average molecular weight is 209 g/mol. The minimum Gasteiger partial charge on any atom is -0.236 e. The molecule has 0 aromatic carbocycles. The van der Waals surface area contributed by atoms with E-state index in [1.807, 2.05) is 11.4 Å². The van der Waals surface area contributed by atoms with Gasteiger partial charge in [-0.3, -0.25) is 0 Å². The molecular weight excluding hydrogens is 200 g/mol. The summed E-state index contributed by atoms with van der Waals surface area (Å²) in [4.78, 5) is 4.24. The molecule has 3 rings (SSSR count). The summed E-state index contributed by atoms with van der Waals surface area (Å²) < 4.78 is 3.67. The molecule has 72 valence electrons. The zero-order chi connectivity index (χ0) is 9.71. The summed E-state index contributed by atoms with van der Waals surface area (Å²) in [5.74, 6) is 0. The number of aromatic nitrogens is 3. The van der Waals surface area contributed by atoms with Crippen molar-refractivity contribution >= 4 is 17.3 Å². The van der Waals surface area contributed by atoms with E-state index in [2.05, 4.69) is 16.1 Å². The molecule has 0 saturated heterocycles. The molecule has 4 nitrogen and oxygen atoms in total. The monoisotopic (exact) mass is 208 g/mol. The zero-order valence-corrected chi connectivity index (χ0v) is 8.49. The first-order chi connectivity index (χ1) is 6.75. The van der Waals surface area contributed by atoms with Gasteiger partial charge in [-0.2, -0.15) is 5.10 Å². The summed E-state index contributed by atoms with van der Waals surface area (Å²) in [6.45, 7) is 3.49. The van der Waals surface area contributed by atoms with Crippen LogP contribution < -0.4 is 0 Å². The van der Waals surface area contributed by atoms with E-state index < -0.39 is 0 Å². The number of rotatable bonds is 0. The highest BCUT2D eigenvalue weighted by molar-refractivity contribution is 6.13. The van der Waals surface area contributed by atoms with E-state index in [9.17, 15) is 0 Å². The minimum atomic E-state index is 0.685. The van der Waals surface area contributed by atoms with E-state index in [4.69, 9.17) is 11.8 Å². The summed E-state index contributed by atoms with van der Waals surface area (Å²) in [5, 5.41) is 4.21. The number of hydrogen-bond acceptors (Lipinski definition) is 3. The van der Waals surface area contributed by atoms with Crippen molar-refractivity contribution < 1.29 is 0 Å². The molecule has 0 unspecified atom stereocenters. The first-order valence-electron chi connectivity index (χ1n) is 4.47. The molecule has 0 atom stereocenters. The van der Waals surface area contributed by atoms with Gasteiger partial charge in [-0.05, 0) is 30.3 Å². The molecule has 5 heteroatoms. The quantitative estimate of drug-likeness (QED) is 0.616. The first kappa shape index (κ1) is 8.20. The smallest absolute Gasteiger partial charge is 0.136 e. The second-order valence-electron chi connectivity index (χ2n) is 3.56. The van der Waals surface area contributed by atoms with Crippen molar-refractivity contribution in [1.29, 1.82) is 0 Å². The van der Waals surface area contributed by atoms with Crippen LogP contribution >= 0.6 is 11.8 Å². The van der Waals surface area contributed by atoms with Gasteiger partial charge in [0.15, 0.2) is 0 Å². The SMILES string of the molecule is Cc1cc2c3c(ncnn13)CN(Cl)C2. The van der Waals surface area contributed by atoms with Gasteiger partial charge in [-0.25, -0.2) is 13.9 Å². The third kappa shape index (κ3) is 0.980. The van der Waals surface area contributed by atoms with Crippen LogP contribution in [-0.4, -0.2) is 19.0 Å². The molecule has 2 aromatic rings. The zero-order valence-electron chi connectivity index (χ0n) is 7.74. The van der Waals surface area contributed by atoms with Crippen molar-refractivity contribution in [2.45, 2.75) is 20.0 Å². The van der Waals surface area contributed by atoms with Gasteiger partial charge < -0.3 is 0 Å². The highest BCUT2D eigenvalue weighted by Gasteiger charge is 2.20. The van der Waals surface area contributed by atoms with Gasteiger partial charge in [0.05, 0.1) is 17.8 Å². The van der Waals surface area contributed by atoms with Crippen molar-refractivity contribution in [3.63, 3.8) is 0 Å². The average Bonchev–Trinajstić information content (AvgIpc) is 2.45. The number of halogens is 1. The molecule has 1 aliphatic rings. The van der Waals surface area contributed by atoms with E-state index in [0.29, 0.717) is 6.54 Å². The molecule has 0 amide bonds. The predicted molar refractivity (Wildman–Crippen MR) is 52.8 cm³/mol. The number of nitrogens with zero attached hydrogens (tertiary/aromatic N) is 4. The van der Waals surface area contributed by atoms with Gasteiger partial charge >= 0.3 is 0 Å². The van der Waals surface area contributed by atoms with Gasteiger partial charge in [0.25, 0.3) is 0 Å². The molecule has 1 aliphatic heterocycles. The lowest BCUT2D eigenvalue weighted by molar-refractivity contribution is 0.429. The summed E-state index contributed by atoms with van der Waals surface area (Å²) in [6.07, 6.45) is 1.58. The third-order valence-electron chi connectivity index (χ3n) is 2.55. The van der Waals surface area contributed by atoms with Crippen LogP contribution in [0.3, 0.4) is 0 Å². The molecule has 0 aliphatic carbocycles. The molecule has 0 N–H and O–H groups in total. The predicted octanol–water partition coefficient (Wildman–Crippen LogP) is 1.51. The topological polar surface area (TPSA) is 33.4 Å². The Labute approximate surface area is 86.2 Å². The van der Waals surface area contributed by atoms with Crippen LogP contribution in [0.15, 0.2) is 12.4 Å². The maximum Gasteiger partial charge on any atom is 0.136 e. The standard InChI is InChI=1S/C9H9ClN4/c1-6-2-7-3-13(10)4-8-9(7)14(6)12-5-11-8/h2,5H,3-4H2,1H3. The van der Waals surface area contributed by atoms with Gasteiger partial charge in [-0.15, -0.1) is 0 Å². The van der Waals surface area contributed by atoms with Crippen LogP contribution in [0.2, 0.25) is 0 Å². The summed E-state index contributed by atoms with van der Waals surface area (Å²) in [5.41, 5.74) is 4.47. The lowest BCUT2D eigenvalue weighted by Gasteiger charge is -2.18. The second kappa shape index (κ2) is 2.68. The lowest BCUT2D eigenvalue weighted by Crippen LogP contribution is -2.18. The Morgan fingerprint density at radius 1 is 1.43 bits per heavy atom. The molecule has 0 fully saturated rings. The first-order valence-corrected chi connectivity index (χ1v) is 4.81.